The van der Waals surface area contributed by atoms with E-state index in [1.165, 1.54) is 32.8 Å². The topological polar surface area (TPSA) is 81.4 Å². The molecule has 2 heterocycles. The fourth-order valence-corrected chi connectivity index (χ4v) is 1.14. The molecule has 0 radical (unpaired) electrons. The maximum atomic E-state index is 11.6. The van der Waals surface area contributed by atoms with E-state index in [4.69, 9.17) is 9.25 Å². The highest BCUT2D eigenvalue weighted by atomic mass is 16.7. The third kappa shape index (κ3) is 2.28. The molecule has 17 heavy (non-hydrogen) atoms. The van der Waals surface area contributed by atoms with Crippen molar-refractivity contribution in [3.05, 3.63) is 30.7 Å². The molecule has 7 heteroatoms. The molecule has 0 N–H and O–H groups in total. The number of carbonyl (C=O) groups excluding carboxylic acids is 1. The van der Waals surface area contributed by atoms with Crippen molar-refractivity contribution >= 4 is 5.91 Å². The van der Waals surface area contributed by atoms with Crippen LogP contribution >= 0.6 is 0 Å². The average molecular weight is 234 g/mol. The highest BCUT2D eigenvalue weighted by Crippen LogP contribution is 2.15. The molecule has 0 unspecified atom stereocenters. The molecule has 0 saturated carbocycles. The molecule has 0 atom stereocenters. The van der Waals surface area contributed by atoms with Crippen LogP contribution < -0.4 is 0 Å². The Kier molecular flexibility index (Phi) is 3.10. The van der Waals surface area contributed by atoms with Gasteiger partial charge in [0.2, 0.25) is 0 Å². The predicted octanol–water partition coefficient (Wildman–Crippen LogP) is 0.765. The van der Waals surface area contributed by atoms with E-state index < -0.39 is 5.91 Å². The van der Waals surface area contributed by atoms with Gasteiger partial charge in [-0.25, -0.2) is 10.0 Å². The molecular weight excluding hydrogens is 224 g/mol. The van der Waals surface area contributed by atoms with Gasteiger partial charge in [0, 0.05) is 19.4 Å². The molecular formula is C10H10N4O3. The van der Waals surface area contributed by atoms with Gasteiger partial charge in [-0.15, -0.1) is 0 Å². The lowest BCUT2D eigenvalue weighted by Gasteiger charge is -2.09. The number of hydroxylamine groups is 2. The fraction of sp³-hybridized carbons (Fsp3) is 0.200. The zero-order valence-corrected chi connectivity index (χ0v) is 9.32. The van der Waals surface area contributed by atoms with Crippen LogP contribution in [0.3, 0.4) is 0 Å². The number of carbonyl (C=O) groups is 1. The van der Waals surface area contributed by atoms with E-state index in [0.717, 1.165) is 5.06 Å². The van der Waals surface area contributed by atoms with Crippen LogP contribution in [0.25, 0.3) is 11.4 Å². The van der Waals surface area contributed by atoms with Crippen LogP contribution in [0.2, 0.25) is 0 Å². The summed E-state index contributed by atoms with van der Waals surface area (Å²) in [4.78, 5) is 28.3. The zero-order chi connectivity index (χ0) is 12.3. The molecule has 0 aliphatic carbocycles. The summed E-state index contributed by atoms with van der Waals surface area (Å²) in [6.45, 7) is 0. The van der Waals surface area contributed by atoms with E-state index in [9.17, 15) is 4.79 Å². The molecule has 0 aliphatic heterocycles. The number of hydrogen-bond donors (Lipinski definition) is 0. The Morgan fingerprint density at radius 3 is 2.88 bits per heavy atom. The monoisotopic (exact) mass is 234 g/mol. The van der Waals surface area contributed by atoms with E-state index >= 15 is 0 Å². The molecule has 2 rings (SSSR count). The molecule has 0 aromatic carbocycles. The Morgan fingerprint density at radius 2 is 2.24 bits per heavy atom. The highest BCUT2D eigenvalue weighted by molar-refractivity contribution is 5.89. The molecule has 0 fully saturated rings. The van der Waals surface area contributed by atoms with Gasteiger partial charge in [-0.3, -0.25) is 19.6 Å². The number of nitrogens with zero attached hydrogens (tertiary/aromatic N) is 4. The Hall–Kier alpha value is -2.28. The third-order valence-electron chi connectivity index (χ3n) is 2.07. The normalized spacial score (nSPS) is 10.2. The number of rotatable bonds is 3. The Morgan fingerprint density at radius 1 is 1.41 bits per heavy atom. The summed E-state index contributed by atoms with van der Waals surface area (Å²) >= 11 is 0. The van der Waals surface area contributed by atoms with Crippen molar-refractivity contribution in [2.24, 2.45) is 0 Å². The zero-order valence-electron chi connectivity index (χ0n) is 9.32. The van der Waals surface area contributed by atoms with Gasteiger partial charge in [0.15, 0.2) is 0 Å². The Balaban J connectivity index is 2.25. The van der Waals surface area contributed by atoms with Crippen molar-refractivity contribution in [2.75, 3.05) is 14.2 Å². The lowest BCUT2D eigenvalue weighted by molar-refractivity contribution is -0.0777. The number of amides is 1. The molecule has 1 amide bonds. The molecule has 2 aromatic rings. The van der Waals surface area contributed by atoms with Gasteiger partial charge >= 0.3 is 5.91 Å². The summed E-state index contributed by atoms with van der Waals surface area (Å²) in [7, 11) is 2.85. The quantitative estimate of drug-likeness (QED) is 0.729. The molecule has 0 spiro atoms. The summed E-state index contributed by atoms with van der Waals surface area (Å²) in [5, 5.41) is 1.02. The van der Waals surface area contributed by atoms with Crippen molar-refractivity contribution in [3.8, 4) is 11.4 Å². The summed E-state index contributed by atoms with van der Waals surface area (Å²) in [5.41, 5.74) is 0.987. The number of hydrogen-bond acceptors (Lipinski definition) is 6. The van der Waals surface area contributed by atoms with Crippen molar-refractivity contribution < 1.29 is 14.0 Å². The fourth-order valence-electron chi connectivity index (χ4n) is 1.14. The van der Waals surface area contributed by atoms with Crippen molar-refractivity contribution in [2.45, 2.75) is 0 Å². The second-order valence-corrected chi connectivity index (χ2v) is 3.11. The minimum atomic E-state index is -0.470. The second-order valence-electron chi connectivity index (χ2n) is 3.11. The maximum Gasteiger partial charge on any atom is 0.332 e. The molecule has 2 aromatic heterocycles. The Bertz CT molecular complexity index is 511. The van der Waals surface area contributed by atoms with Crippen LogP contribution in [-0.4, -0.2) is 40.1 Å². The molecule has 88 valence electrons. The van der Waals surface area contributed by atoms with Gasteiger partial charge in [-0.1, -0.05) is 0 Å². The second kappa shape index (κ2) is 4.71. The average Bonchev–Trinajstić information content (AvgIpc) is 2.87. The van der Waals surface area contributed by atoms with Crippen molar-refractivity contribution in [1.29, 1.82) is 0 Å². The summed E-state index contributed by atoms with van der Waals surface area (Å²) in [6.07, 6.45) is 5.97. The first-order chi connectivity index (χ1) is 8.22. The largest absolute Gasteiger partial charge is 0.440 e. The molecule has 7 nitrogen and oxygen atoms in total. The van der Waals surface area contributed by atoms with Gasteiger partial charge in [0.25, 0.3) is 5.89 Å². The van der Waals surface area contributed by atoms with Gasteiger partial charge in [-0.05, 0) is 0 Å². The number of oxazole rings is 1. The van der Waals surface area contributed by atoms with E-state index in [2.05, 4.69) is 15.0 Å². The van der Waals surface area contributed by atoms with Crippen LogP contribution in [-0.2, 0) is 4.84 Å². The van der Waals surface area contributed by atoms with Gasteiger partial charge in [0.05, 0.1) is 13.3 Å². The lowest BCUT2D eigenvalue weighted by Crippen LogP contribution is -2.25. The summed E-state index contributed by atoms with van der Waals surface area (Å²) in [6, 6.07) is 0. The standard InChI is InChI=1S/C10H10N4O3/c1-14(16-2)10(15)9-13-8(6-17-9)7-5-11-3-4-12-7/h3-6H,1-2H3. The van der Waals surface area contributed by atoms with Crippen molar-refractivity contribution in [1.82, 2.24) is 20.0 Å². The first-order valence-electron chi connectivity index (χ1n) is 4.76. The van der Waals surface area contributed by atoms with E-state index in [0.29, 0.717) is 11.4 Å². The van der Waals surface area contributed by atoms with Crippen LogP contribution in [0.5, 0.6) is 0 Å². The lowest BCUT2D eigenvalue weighted by atomic mass is 10.3. The van der Waals surface area contributed by atoms with Crippen LogP contribution in [0, 0.1) is 0 Å². The highest BCUT2D eigenvalue weighted by Gasteiger charge is 2.18. The molecule has 0 bridgehead atoms. The SMILES string of the molecule is CON(C)C(=O)c1nc(-c2cnccn2)co1. The minimum Gasteiger partial charge on any atom is -0.440 e. The Labute approximate surface area is 97.0 Å². The van der Waals surface area contributed by atoms with Crippen LogP contribution in [0.4, 0.5) is 0 Å². The van der Waals surface area contributed by atoms with Crippen LogP contribution in [0.15, 0.2) is 29.3 Å². The predicted molar refractivity (Wildman–Crippen MR) is 56.6 cm³/mol. The first-order valence-corrected chi connectivity index (χ1v) is 4.76. The summed E-state index contributed by atoms with van der Waals surface area (Å²) < 4.78 is 5.05. The van der Waals surface area contributed by atoms with Gasteiger partial charge < -0.3 is 4.42 Å². The molecule has 0 saturated heterocycles. The minimum absolute atomic E-state index is 0.0602. The molecule has 0 aliphatic rings. The first kappa shape index (κ1) is 11.2. The maximum absolute atomic E-state index is 11.6. The van der Waals surface area contributed by atoms with Crippen molar-refractivity contribution in [3.63, 3.8) is 0 Å². The van der Waals surface area contributed by atoms with Crippen LogP contribution in [0.1, 0.15) is 10.7 Å². The number of aromatic nitrogens is 3. The van der Waals surface area contributed by atoms with E-state index in [1.807, 2.05) is 0 Å². The van der Waals surface area contributed by atoms with E-state index in [1.54, 1.807) is 6.20 Å². The van der Waals surface area contributed by atoms with E-state index in [-0.39, 0.29) is 5.89 Å². The smallest absolute Gasteiger partial charge is 0.332 e. The van der Waals surface area contributed by atoms with Gasteiger partial charge in [-0.2, -0.15) is 0 Å². The summed E-state index contributed by atoms with van der Waals surface area (Å²) in [5.74, 6) is -0.530. The van der Waals surface area contributed by atoms with Gasteiger partial charge in [0.1, 0.15) is 17.7 Å². The third-order valence-corrected chi connectivity index (χ3v) is 2.07.